The first-order valence-corrected chi connectivity index (χ1v) is 5.55. The molecular formula is C12H17N3O3. The number of hydrogen-bond donors (Lipinski definition) is 3. The molecule has 0 saturated heterocycles. The summed E-state index contributed by atoms with van der Waals surface area (Å²) in [5.41, 5.74) is -0.459. The molecule has 6 nitrogen and oxygen atoms in total. The summed E-state index contributed by atoms with van der Waals surface area (Å²) in [5.74, 6) is -1.09. The van der Waals surface area contributed by atoms with E-state index in [9.17, 15) is 9.59 Å². The summed E-state index contributed by atoms with van der Waals surface area (Å²) in [6.45, 7) is 4.64. The van der Waals surface area contributed by atoms with Crippen molar-refractivity contribution in [3.05, 3.63) is 30.1 Å². The Labute approximate surface area is 105 Å². The van der Waals surface area contributed by atoms with Gasteiger partial charge in [-0.25, -0.2) is 9.59 Å². The van der Waals surface area contributed by atoms with Crippen LogP contribution in [0.2, 0.25) is 0 Å². The Morgan fingerprint density at radius 1 is 1.44 bits per heavy atom. The number of carbonyl (C=O) groups is 2. The Morgan fingerprint density at radius 3 is 2.61 bits per heavy atom. The minimum Gasteiger partial charge on any atom is -0.480 e. The monoisotopic (exact) mass is 251 g/mol. The molecule has 0 fully saturated rings. The van der Waals surface area contributed by atoms with E-state index in [1.165, 1.54) is 13.8 Å². The van der Waals surface area contributed by atoms with Crippen LogP contribution in [-0.4, -0.2) is 27.6 Å². The maximum Gasteiger partial charge on any atom is 0.328 e. The van der Waals surface area contributed by atoms with Gasteiger partial charge in [0, 0.05) is 12.4 Å². The van der Waals surface area contributed by atoms with Gasteiger partial charge in [0.05, 0.1) is 6.04 Å². The highest BCUT2D eigenvalue weighted by Gasteiger charge is 2.29. The average Bonchev–Trinajstić information content (AvgIpc) is 2.29. The number of urea groups is 1. The Bertz CT molecular complexity index is 431. The fraction of sp³-hybridized carbons (Fsp3) is 0.417. The van der Waals surface area contributed by atoms with Crippen molar-refractivity contribution in [2.75, 3.05) is 0 Å². The number of carbonyl (C=O) groups excluding carboxylic acids is 1. The number of carboxylic acids is 1. The Kier molecular flexibility index (Phi) is 4.25. The minimum atomic E-state index is -1.31. The molecule has 1 aromatic rings. The molecule has 0 radical (unpaired) electrons. The second kappa shape index (κ2) is 5.48. The molecule has 1 heterocycles. The number of rotatable bonds is 4. The van der Waals surface area contributed by atoms with Crippen LogP contribution in [0, 0.1) is 0 Å². The number of aliphatic carboxylic acids is 1. The maximum atomic E-state index is 11.6. The van der Waals surface area contributed by atoms with E-state index >= 15 is 0 Å². The summed E-state index contributed by atoms with van der Waals surface area (Å²) in [6.07, 6.45) is 3.29. The highest BCUT2D eigenvalue weighted by Crippen LogP contribution is 2.10. The zero-order chi connectivity index (χ0) is 13.8. The second-order valence-electron chi connectivity index (χ2n) is 4.54. The van der Waals surface area contributed by atoms with Gasteiger partial charge in [-0.2, -0.15) is 0 Å². The summed E-state index contributed by atoms with van der Waals surface area (Å²) in [7, 11) is 0. The number of nitrogens with one attached hydrogen (secondary N) is 2. The number of hydrogen-bond acceptors (Lipinski definition) is 3. The largest absolute Gasteiger partial charge is 0.480 e. The van der Waals surface area contributed by atoms with Crippen LogP contribution in [-0.2, 0) is 4.79 Å². The number of nitrogens with zero attached hydrogens (tertiary/aromatic N) is 1. The predicted molar refractivity (Wildman–Crippen MR) is 66.0 cm³/mol. The topological polar surface area (TPSA) is 91.3 Å². The molecule has 2 amide bonds. The van der Waals surface area contributed by atoms with Gasteiger partial charge in [-0.05, 0) is 32.4 Å². The van der Waals surface area contributed by atoms with E-state index in [-0.39, 0.29) is 6.04 Å². The van der Waals surface area contributed by atoms with Crippen molar-refractivity contribution in [1.82, 2.24) is 15.6 Å². The summed E-state index contributed by atoms with van der Waals surface area (Å²) < 4.78 is 0. The lowest BCUT2D eigenvalue weighted by atomic mass is 10.1. The number of aromatic nitrogens is 1. The van der Waals surface area contributed by atoms with Gasteiger partial charge in [0.2, 0.25) is 0 Å². The molecule has 0 spiro atoms. The van der Waals surface area contributed by atoms with Crippen LogP contribution < -0.4 is 10.6 Å². The minimum absolute atomic E-state index is 0.247. The van der Waals surface area contributed by atoms with Crippen LogP contribution in [0.15, 0.2) is 24.5 Å². The van der Waals surface area contributed by atoms with Gasteiger partial charge in [-0.3, -0.25) is 4.98 Å². The smallest absolute Gasteiger partial charge is 0.328 e. The Morgan fingerprint density at radius 2 is 2.11 bits per heavy atom. The van der Waals surface area contributed by atoms with E-state index in [4.69, 9.17) is 5.11 Å². The standard InChI is InChI=1S/C12H17N3O3/c1-8(9-5-4-6-13-7-9)14-11(18)15-12(2,3)10(16)17/h4-8H,1-3H3,(H,16,17)(H2,14,15,18). The van der Waals surface area contributed by atoms with E-state index < -0.39 is 17.5 Å². The SMILES string of the molecule is CC(NC(=O)NC(C)(C)C(=O)O)c1cccnc1. The highest BCUT2D eigenvalue weighted by molar-refractivity contribution is 5.85. The summed E-state index contributed by atoms with van der Waals surface area (Å²) in [4.78, 5) is 26.5. The maximum absolute atomic E-state index is 11.6. The van der Waals surface area contributed by atoms with Gasteiger partial charge >= 0.3 is 12.0 Å². The molecule has 3 N–H and O–H groups in total. The van der Waals surface area contributed by atoms with Crippen LogP contribution in [0.3, 0.4) is 0 Å². The van der Waals surface area contributed by atoms with Gasteiger partial charge in [-0.15, -0.1) is 0 Å². The summed E-state index contributed by atoms with van der Waals surface area (Å²) in [5, 5.41) is 13.9. The van der Waals surface area contributed by atoms with Crippen LogP contribution >= 0.6 is 0 Å². The summed E-state index contributed by atoms with van der Waals surface area (Å²) in [6, 6.07) is 2.83. The van der Waals surface area contributed by atoms with E-state index in [1.54, 1.807) is 25.4 Å². The molecule has 1 unspecified atom stereocenters. The van der Waals surface area contributed by atoms with E-state index in [0.29, 0.717) is 0 Å². The van der Waals surface area contributed by atoms with Crippen LogP contribution in [0.4, 0.5) is 4.79 Å². The van der Waals surface area contributed by atoms with Crippen LogP contribution in [0.5, 0.6) is 0 Å². The highest BCUT2D eigenvalue weighted by atomic mass is 16.4. The lowest BCUT2D eigenvalue weighted by molar-refractivity contribution is -0.142. The first-order chi connectivity index (χ1) is 8.33. The van der Waals surface area contributed by atoms with Crippen LogP contribution in [0.25, 0.3) is 0 Å². The first-order valence-electron chi connectivity index (χ1n) is 5.55. The van der Waals surface area contributed by atoms with E-state index in [1.807, 2.05) is 6.07 Å². The van der Waals surface area contributed by atoms with Gasteiger partial charge in [-0.1, -0.05) is 6.07 Å². The molecule has 0 saturated carbocycles. The molecule has 1 atom stereocenters. The van der Waals surface area contributed by atoms with Crippen molar-refractivity contribution in [2.24, 2.45) is 0 Å². The zero-order valence-corrected chi connectivity index (χ0v) is 10.6. The van der Waals surface area contributed by atoms with Crippen molar-refractivity contribution >= 4 is 12.0 Å². The number of amides is 2. The molecule has 0 aliphatic heterocycles. The molecule has 0 aliphatic carbocycles. The fourth-order valence-corrected chi connectivity index (χ4v) is 1.29. The second-order valence-corrected chi connectivity index (χ2v) is 4.54. The van der Waals surface area contributed by atoms with Crippen molar-refractivity contribution in [3.8, 4) is 0 Å². The molecule has 18 heavy (non-hydrogen) atoms. The fourth-order valence-electron chi connectivity index (χ4n) is 1.29. The third-order valence-electron chi connectivity index (χ3n) is 2.49. The van der Waals surface area contributed by atoms with Gasteiger partial charge < -0.3 is 15.7 Å². The molecule has 0 aliphatic rings. The molecule has 0 bridgehead atoms. The van der Waals surface area contributed by atoms with Crippen molar-refractivity contribution < 1.29 is 14.7 Å². The molecule has 6 heteroatoms. The molecule has 1 rings (SSSR count). The number of pyridine rings is 1. The lowest BCUT2D eigenvalue weighted by Crippen LogP contribution is -2.53. The van der Waals surface area contributed by atoms with Gasteiger partial charge in [0.15, 0.2) is 0 Å². The van der Waals surface area contributed by atoms with Crippen molar-refractivity contribution in [2.45, 2.75) is 32.4 Å². The van der Waals surface area contributed by atoms with Crippen LogP contribution in [0.1, 0.15) is 32.4 Å². The number of carboxylic acid groups (broad SMARTS) is 1. The molecular weight excluding hydrogens is 234 g/mol. The lowest BCUT2D eigenvalue weighted by Gasteiger charge is -2.23. The third kappa shape index (κ3) is 3.73. The normalized spacial score (nSPS) is 12.6. The molecule has 1 aromatic heterocycles. The van der Waals surface area contributed by atoms with Crippen molar-refractivity contribution in [3.63, 3.8) is 0 Å². The third-order valence-corrected chi connectivity index (χ3v) is 2.49. The zero-order valence-electron chi connectivity index (χ0n) is 10.6. The van der Waals surface area contributed by atoms with Crippen molar-refractivity contribution in [1.29, 1.82) is 0 Å². The average molecular weight is 251 g/mol. The Balaban J connectivity index is 2.58. The van der Waals surface area contributed by atoms with Gasteiger partial charge in [0.25, 0.3) is 0 Å². The van der Waals surface area contributed by atoms with E-state index in [0.717, 1.165) is 5.56 Å². The Hall–Kier alpha value is -2.11. The molecule has 98 valence electrons. The van der Waals surface area contributed by atoms with E-state index in [2.05, 4.69) is 15.6 Å². The predicted octanol–water partition coefficient (Wildman–Crippen LogP) is 1.30. The first kappa shape index (κ1) is 14.0. The van der Waals surface area contributed by atoms with Gasteiger partial charge in [0.1, 0.15) is 5.54 Å². The quantitative estimate of drug-likeness (QED) is 0.752. The molecule has 0 aromatic carbocycles. The summed E-state index contributed by atoms with van der Waals surface area (Å²) >= 11 is 0.